The molecule has 4 aliphatic rings. The Bertz CT molecular complexity index is 906. The van der Waals surface area contributed by atoms with Gasteiger partial charge >= 0.3 is 0 Å². The summed E-state index contributed by atoms with van der Waals surface area (Å²) in [5, 5.41) is 34.7. The molecule has 3 fully saturated rings. The van der Waals surface area contributed by atoms with E-state index in [1.807, 2.05) is 6.92 Å². The van der Waals surface area contributed by atoms with Crippen molar-refractivity contribution in [2.75, 3.05) is 21.3 Å². The van der Waals surface area contributed by atoms with Gasteiger partial charge in [-0.1, -0.05) is 13.8 Å². The molecule has 4 rings (SSSR count). The predicted octanol–water partition coefficient (Wildman–Crippen LogP) is 3.82. The van der Waals surface area contributed by atoms with Gasteiger partial charge < -0.3 is 29.5 Å². The van der Waals surface area contributed by atoms with Crippen molar-refractivity contribution < 1.29 is 34.3 Å². The number of methoxy groups -OCH3 is 3. The second kappa shape index (κ2) is 9.67. The number of rotatable bonds is 8. The standard InChI is InChI=1S/C30H50O7/c1-26(2,32)12-11-25(37-8)29(5,33)24-10-14-30(34)19-15-21(31)20-16-22(35-6)23(36-7)17-27(20,3)18(19)9-13-28(24,30)4/h15,18,20,22-25,32-34H,9-14,16-17H2,1-8H3/t18?,20?,22-,23+,24?,25-,27?,28?,29-,30-/m1/s1. The molecule has 0 amide bonds. The Hall–Kier alpha value is -0.830. The van der Waals surface area contributed by atoms with Crippen LogP contribution in [0.25, 0.3) is 0 Å². The predicted molar refractivity (Wildman–Crippen MR) is 141 cm³/mol. The van der Waals surface area contributed by atoms with E-state index in [1.165, 1.54) is 0 Å². The van der Waals surface area contributed by atoms with Crippen molar-refractivity contribution in [2.24, 2.45) is 28.6 Å². The highest BCUT2D eigenvalue weighted by molar-refractivity contribution is 5.95. The van der Waals surface area contributed by atoms with Crippen LogP contribution in [0.3, 0.4) is 0 Å². The highest BCUT2D eigenvalue weighted by Crippen LogP contribution is 2.68. The number of aliphatic hydroxyl groups is 3. The van der Waals surface area contributed by atoms with E-state index in [4.69, 9.17) is 14.2 Å². The molecule has 0 bridgehead atoms. The van der Waals surface area contributed by atoms with Crippen molar-refractivity contribution >= 4 is 5.78 Å². The average molecular weight is 523 g/mol. The van der Waals surface area contributed by atoms with Gasteiger partial charge in [-0.2, -0.15) is 0 Å². The SMILES string of the molecule is CO[C@H]1CC2(C)C(C[C@H]1OC)C(=O)C=C1C2CCC2(C)C([C@@](C)(O)[C@@H](CCC(C)(C)O)OC)CC[C@@]12O. The first kappa shape index (κ1) is 29.2. The third kappa shape index (κ3) is 4.46. The highest BCUT2D eigenvalue weighted by atomic mass is 16.5. The maximum absolute atomic E-state index is 13.6. The zero-order chi connectivity index (χ0) is 27.6. The molecule has 0 heterocycles. The highest BCUT2D eigenvalue weighted by Gasteiger charge is 2.69. The smallest absolute Gasteiger partial charge is 0.159 e. The Morgan fingerprint density at radius 2 is 1.68 bits per heavy atom. The Balaban J connectivity index is 1.68. The normalized spacial score (nSPS) is 44.4. The van der Waals surface area contributed by atoms with E-state index >= 15 is 0 Å². The summed E-state index contributed by atoms with van der Waals surface area (Å²) in [7, 11) is 5.00. The number of ether oxygens (including phenoxy) is 3. The Morgan fingerprint density at radius 3 is 2.24 bits per heavy atom. The number of fused-ring (bicyclic) bond motifs is 5. The van der Waals surface area contributed by atoms with E-state index < -0.39 is 28.3 Å². The van der Waals surface area contributed by atoms with Crippen LogP contribution in [-0.2, 0) is 19.0 Å². The molecule has 0 spiro atoms. The third-order valence-electron chi connectivity index (χ3n) is 11.3. The minimum absolute atomic E-state index is 0.0817. The van der Waals surface area contributed by atoms with Gasteiger partial charge in [-0.3, -0.25) is 4.79 Å². The second-order valence-electron chi connectivity index (χ2n) is 13.8. The van der Waals surface area contributed by atoms with E-state index in [-0.39, 0.29) is 41.2 Å². The lowest BCUT2D eigenvalue weighted by Crippen LogP contribution is -2.63. The fourth-order valence-electron chi connectivity index (χ4n) is 9.11. The zero-order valence-corrected chi connectivity index (χ0v) is 24.2. The fourth-order valence-corrected chi connectivity index (χ4v) is 9.11. The monoisotopic (exact) mass is 522 g/mol. The molecular weight excluding hydrogens is 472 g/mol. The van der Waals surface area contributed by atoms with E-state index in [0.29, 0.717) is 32.1 Å². The van der Waals surface area contributed by atoms with Crippen molar-refractivity contribution in [3.8, 4) is 0 Å². The molecule has 5 unspecified atom stereocenters. The summed E-state index contributed by atoms with van der Waals surface area (Å²) in [4.78, 5) is 13.6. The summed E-state index contributed by atoms with van der Waals surface area (Å²) in [6.45, 7) is 9.65. The zero-order valence-electron chi connectivity index (χ0n) is 24.2. The molecule has 0 aromatic carbocycles. The van der Waals surface area contributed by atoms with Gasteiger partial charge in [0.1, 0.15) is 0 Å². The lowest BCUT2D eigenvalue weighted by Gasteiger charge is -2.61. The van der Waals surface area contributed by atoms with Crippen LogP contribution < -0.4 is 0 Å². The van der Waals surface area contributed by atoms with E-state index in [2.05, 4.69) is 13.8 Å². The third-order valence-corrected chi connectivity index (χ3v) is 11.3. The van der Waals surface area contributed by atoms with Gasteiger partial charge in [-0.15, -0.1) is 0 Å². The van der Waals surface area contributed by atoms with Gasteiger partial charge in [0.2, 0.25) is 0 Å². The van der Waals surface area contributed by atoms with Crippen molar-refractivity contribution in [3.05, 3.63) is 11.6 Å². The number of hydrogen-bond donors (Lipinski definition) is 3. The number of carbonyl (C=O) groups excluding carboxylic acids is 1. The van der Waals surface area contributed by atoms with Crippen LogP contribution in [0.2, 0.25) is 0 Å². The second-order valence-corrected chi connectivity index (χ2v) is 13.8. The first-order valence-corrected chi connectivity index (χ1v) is 14.1. The first-order chi connectivity index (χ1) is 17.1. The molecule has 37 heavy (non-hydrogen) atoms. The quantitative estimate of drug-likeness (QED) is 0.445. The van der Waals surface area contributed by atoms with Gasteiger partial charge in [0.15, 0.2) is 5.78 Å². The van der Waals surface area contributed by atoms with Gasteiger partial charge in [-0.25, -0.2) is 0 Å². The molecule has 212 valence electrons. The molecule has 7 nitrogen and oxygen atoms in total. The molecule has 0 saturated heterocycles. The van der Waals surface area contributed by atoms with Crippen molar-refractivity contribution in [1.82, 2.24) is 0 Å². The van der Waals surface area contributed by atoms with Crippen molar-refractivity contribution in [2.45, 2.75) is 121 Å². The summed E-state index contributed by atoms with van der Waals surface area (Å²) < 4.78 is 17.3. The molecular formula is C30H50O7. The molecule has 0 aliphatic heterocycles. The van der Waals surface area contributed by atoms with Gasteiger partial charge in [0, 0.05) is 32.7 Å². The van der Waals surface area contributed by atoms with Crippen LogP contribution in [0, 0.1) is 28.6 Å². The van der Waals surface area contributed by atoms with Crippen LogP contribution in [0.4, 0.5) is 0 Å². The number of allylic oxidation sites excluding steroid dienone is 1. The Morgan fingerprint density at radius 1 is 1.03 bits per heavy atom. The molecule has 0 aromatic rings. The average Bonchev–Trinajstić information content (AvgIpc) is 3.10. The van der Waals surface area contributed by atoms with Crippen LogP contribution in [0.1, 0.15) is 86.0 Å². The number of ketones is 1. The van der Waals surface area contributed by atoms with Crippen molar-refractivity contribution in [1.29, 1.82) is 0 Å². The van der Waals surface area contributed by atoms with Crippen LogP contribution in [0.5, 0.6) is 0 Å². The minimum atomic E-state index is -1.20. The van der Waals surface area contributed by atoms with Crippen LogP contribution >= 0.6 is 0 Å². The lowest BCUT2D eigenvalue weighted by atomic mass is 9.45. The molecule has 0 radical (unpaired) electrons. The van der Waals surface area contributed by atoms with E-state index in [1.54, 1.807) is 41.3 Å². The summed E-state index contributed by atoms with van der Waals surface area (Å²) in [5.74, 6) is -0.195. The van der Waals surface area contributed by atoms with Gasteiger partial charge in [-0.05, 0) is 101 Å². The van der Waals surface area contributed by atoms with Crippen LogP contribution in [0.15, 0.2) is 11.6 Å². The molecule has 10 atom stereocenters. The molecule has 0 aromatic heterocycles. The molecule has 4 aliphatic carbocycles. The summed E-state index contributed by atoms with van der Waals surface area (Å²) in [6, 6.07) is 0. The van der Waals surface area contributed by atoms with E-state index in [9.17, 15) is 20.1 Å². The topological polar surface area (TPSA) is 105 Å². The number of carbonyl (C=O) groups is 1. The molecule has 7 heteroatoms. The van der Waals surface area contributed by atoms with E-state index in [0.717, 1.165) is 24.8 Å². The molecule has 3 N–H and O–H groups in total. The molecule has 3 saturated carbocycles. The van der Waals surface area contributed by atoms with Crippen LogP contribution in [-0.4, -0.2) is 77.5 Å². The Labute approximate surface area is 222 Å². The first-order valence-electron chi connectivity index (χ1n) is 14.1. The van der Waals surface area contributed by atoms with Crippen molar-refractivity contribution in [3.63, 3.8) is 0 Å². The fraction of sp³-hybridized carbons (Fsp3) is 0.900. The summed E-state index contributed by atoms with van der Waals surface area (Å²) >= 11 is 0. The Kier molecular flexibility index (Phi) is 7.62. The summed E-state index contributed by atoms with van der Waals surface area (Å²) in [5.41, 5.74) is -3.26. The van der Waals surface area contributed by atoms with Gasteiger partial charge in [0.05, 0.1) is 35.1 Å². The number of hydrogen-bond acceptors (Lipinski definition) is 7. The largest absolute Gasteiger partial charge is 0.390 e. The summed E-state index contributed by atoms with van der Waals surface area (Å²) in [6.07, 6.45) is 6.22. The maximum Gasteiger partial charge on any atom is 0.159 e. The lowest BCUT2D eigenvalue weighted by molar-refractivity contribution is -0.183. The minimum Gasteiger partial charge on any atom is -0.390 e. The maximum atomic E-state index is 13.6. The van der Waals surface area contributed by atoms with Gasteiger partial charge in [0.25, 0.3) is 0 Å².